The number of aliphatic hydroxyl groups excluding tert-OH is 1. The van der Waals surface area contributed by atoms with E-state index in [4.69, 9.17) is 0 Å². The predicted molar refractivity (Wildman–Crippen MR) is 68.8 cm³/mol. The number of fused-ring (bicyclic) bond motifs is 1. The minimum absolute atomic E-state index is 0.0766. The van der Waals surface area contributed by atoms with Gasteiger partial charge in [0.05, 0.1) is 6.10 Å². The van der Waals surface area contributed by atoms with Crippen LogP contribution >= 0.6 is 0 Å². The van der Waals surface area contributed by atoms with Gasteiger partial charge in [0, 0.05) is 12.1 Å². The van der Waals surface area contributed by atoms with Crippen molar-refractivity contribution in [2.45, 2.75) is 51.3 Å². The maximum atomic E-state index is 9.38. The van der Waals surface area contributed by atoms with E-state index >= 15 is 0 Å². The van der Waals surface area contributed by atoms with Crippen molar-refractivity contribution >= 4 is 0 Å². The second kappa shape index (κ2) is 3.82. The molecule has 3 rings (SSSR count). The normalized spacial score (nSPS) is 34.2. The Morgan fingerprint density at radius 2 is 1.94 bits per heavy atom. The van der Waals surface area contributed by atoms with Crippen molar-refractivity contribution in [2.75, 3.05) is 0 Å². The molecule has 2 N–H and O–H groups in total. The molecule has 0 radical (unpaired) electrons. The molecule has 2 nitrogen and oxygen atoms in total. The van der Waals surface area contributed by atoms with Crippen LogP contribution in [-0.4, -0.2) is 17.3 Å². The van der Waals surface area contributed by atoms with Crippen molar-refractivity contribution < 1.29 is 5.11 Å². The Balaban J connectivity index is 1.82. The molecule has 0 bridgehead atoms. The fourth-order valence-corrected chi connectivity index (χ4v) is 3.27. The first-order valence-electron chi connectivity index (χ1n) is 6.58. The van der Waals surface area contributed by atoms with Gasteiger partial charge in [-0.25, -0.2) is 0 Å². The minimum atomic E-state index is -0.0766. The van der Waals surface area contributed by atoms with E-state index in [0.29, 0.717) is 12.1 Å². The first kappa shape index (κ1) is 11.2. The summed E-state index contributed by atoms with van der Waals surface area (Å²) in [6, 6.07) is 9.69. The number of rotatable bonds is 2. The molecule has 1 aromatic carbocycles. The third-order valence-corrected chi connectivity index (χ3v) is 4.31. The third kappa shape index (κ3) is 1.90. The lowest BCUT2D eigenvalue weighted by Crippen LogP contribution is -2.47. The summed E-state index contributed by atoms with van der Waals surface area (Å²) in [4.78, 5) is 0. The molecule has 92 valence electrons. The number of hydrogen-bond acceptors (Lipinski definition) is 2. The molecule has 17 heavy (non-hydrogen) atoms. The summed E-state index contributed by atoms with van der Waals surface area (Å²) < 4.78 is 0. The zero-order chi connectivity index (χ0) is 12.0. The fraction of sp³-hybridized carbons (Fsp3) is 0.600. The van der Waals surface area contributed by atoms with E-state index in [1.807, 2.05) is 0 Å². The quantitative estimate of drug-likeness (QED) is 0.819. The third-order valence-electron chi connectivity index (χ3n) is 4.31. The second-order valence-electron chi connectivity index (χ2n) is 6.29. The van der Waals surface area contributed by atoms with Gasteiger partial charge in [-0.15, -0.1) is 0 Å². The van der Waals surface area contributed by atoms with Crippen LogP contribution in [0.2, 0.25) is 0 Å². The summed E-state index contributed by atoms with van der Waals surface area (Å²) in [6.45, 7) is 4.67. The molecular formula is C15H21NO. The predicted octanol–water partition coefficient (Wildman–Crippen LogP) is 2.42. The molecular weight excluding hydrogens is 210 g/mol. The Bertz CT molecular complexity index is 421. The van der Waals surface area contributed by atoms with Gasteiger partial charge in [0.15, 0.2) is 0 Å². The highest BCUT2D eigenvalue weighted by Gasteiger charge is 2.41. The zero-order valence-corrected chi connectivity index (χ0v) is 10.6. The number of nitrogens with one attached hydrogen (secondary N) is 1. The molecule has 0 amide bonds. The Morgan fingerprint density at radius 1 is 1.24 bits per heavy atom. The van der Waals surface area contributed by atoms with Gasteiger partial charge < -0.3 is 10.4 Å². The molecule has 0 aliphatic heterocycles. The van der Waals surface area contributed by atoms with E-state index in [-0.39, 0.29) is 11.5 Å². The monoisotopic (exact) mass is 231 g/mol. The second-order valence-corrected chi connectivity index (χ2v) is 6.29. The molecule has 1 unspecified atom stereocenters. The Kier molecular flexibility index (Phi) is 2.53. The molecule has 0 saturated heterocycles. The highest BCUT2D eigenvalue weighted by atomic mass is 16.3. The van der Waals surface area contributed by atoms with Gasteiger partial charge in [-0.1, -0.05) is 38.1 Å². The first-order valence-corrected chi connectivity index (χ1v) is 6.58. The molecule has 0 aromatic heterocycles. The van der Waals surface area contributed by atoms with Crippen molar-refractivity contribution in [1.82, 2.24) is 5.32 Å². The van der Waals surface area contributed by atoms with Crippen molar-refractivity contribution in [3.8, 4) is 0 Å². The van der Waals surface area contributed by atoms with Crippen LogP contribution < -0.4 is 5.32 Å². The van der Waals surface area contributed by atoms with Crippen LogP contribution in [0.25, 0.3) is 0 Å². The molecule has 1 aromatic rings. The van der Waals surface area contributed by atoms with E-state index in [9.17, 15) is 5.11 Å². The van der Waals surface area contributed by atoms with Crippen LogP contribution in [0, 0.1) is 5.41 Å². The summed E-state index contributed by atoms with van der Waals surface area (Å²) in [6.07, 6.45) is 2.90. The fourth-order valence-electron chi connectivity index (χ4n) is 3.27. The molecule has 1 fully saturated rings. The van der Waals surface area contributed by atoms with E-state index in [2.05, 4.69) is 43.4 Å². The lowest BCUT2D eigenvalue weighted by Gasteiger charge is -2.39. The average molecular weight is 231 g/mol. The van der Waals surface area contributed by atoms with Crippen molar-refractivity contribution in [2.24, 2.45) is 5.41 Å². The maximum Gasteiger partial charge on any atom is 0.0570 e. The molecule has 2 aliphatic rings. The average Bonchev–Trinajstić information content (AvgIpc) is 2.48. The van der Waals surface area contributed by atoms with Crippen molar-refractivity contribution in [3.05, 3.63) is 35.4 Å². The lowest BCUT2D eigenvalue weighted by atomic mass is 9.82. The van der Waals surface area contributed by atoms with Crippen molar-refractivity contribution in [3.63, 3.8) is 0 Å². The molecule has 2 aliphatic carbocycles. The smallest absolute Gasteiger partial charge is 0.0570 e. The first-order chi connectivity index (χ1) is 8.06. The zero-order valence-electron chi connectivity index (χ0n) is 10.6. The Morgan fingerprint density at radius 3 is 2.65 bits per heavy atom. The van der Waals surface area contributed by atoms with E-state index < -0.39 is 0 Å². The standard InChI is InChI=1S/C15H21NO/c1-15(2)9-10-5-3-4-6-13(10)14(15)16-11-7-12(17)8-11/h3-6,11-12,14,16-17H,7-9H2,1-2H3. The maximum absolute atomic E-state index is 9.38. The van der Waals surface area contributed by atoms with Gasteiger partial charge in [0.25, 0.3) is 0 Å². The van der Waals surface area contributed by atoms with Crippen LogP contribution in [0.5, 0.6) is 0 Å². The summed E-state index contributed by atoms with van der Waals surface area (Å²) in [5, 5.41) is 13.1. The van der Waals surface area contributed by atoms with Crippen LogP contribution in [0.15, 0.2) is 24.3 Å². The Hall–Kier alpha value is -0.860. The number of hydrogen-bond donors (Lipinski definition) is 2. The SMILES string of the molecule is CC1(C)Cc2ccccc2C1NC1CC(O)C1. The molecule has 0 heterocycles. The van der Waals surface area contributed by atoms with Gasteiger partial charge in [0.1, 0.15) is 0 Å². The van der Waals surface area contributed by atoms with E-state index in [1.54, 1.807) is 0 Å². The summed E-state index contributed by atoms with van der Waals surface area (Å²) in [7, 11) is 0. The molecule has 1 saturated carbocycles. The Labute approximate surface area is 103 Å². The minimum Gasteiger partial charge on any atom is -0.393 e. The number of benzene rings is 1. The van der Waals surface area contributed by atoms with Crippen molar-refractivity contribution in [1.29, 1.82) is 0 Å². The summed E-state index contributed by atoms with van der Waals surface area (Å²) in [5.74, 6) is 0. The van der Waals surface area contributed by atoms with Crippen LogP contribution in [0.1, 0.15) is 43.9 Å². The largest absolute Gasteiger partial charge is 0.393 e. The highest BCUT2D eigenvalue weighted by Crippen LogP contribution is 2.46. The van der Waals surface area contributed by atoms with Crippen LogP contribution in [-0.2, 0) is 6.42 Å². The lowest BCUT2D eigenvalue weighted by molar-refractivity contribution is 0.0495. The number of aliphatic hydroxyl groups is 1. The van der Waals surface area contributed by atoms with Gasteiger partial charge in [0.2, 0.25) is 0 Å². The highest BCUT2D eigenvalue weighted by molar-refractivity contribution is 5.37. The topological polar surface area (TPSA) is 32.3 Å². The molecule has 0 spiro atoms. The summed E-state index contributed by atoms with van der Waals surface area (Å²) in [5.41, 5.74) is 3.22. The van der Waals surface area contributed by atoms with Gasteiger partial charge in [-0.3, -0.25) is 0 Å². The summed E-state index contributed by atoms with van der Waals surface area (Å²) >= 11 is 0. The van der Waals surface area contributed by atoms with E-state index in [1.165, 1.54) is 11.1 Å². The van der Waals surface area contributed by atoms with Gasteiger partial charge >= 0.3 is 0 Å². The van der Waals surface area contributed by atoms with Crippen LogP contribution in [0.4, 0.5) is 0 Å². The van der Waals surface area contributed by atoms with Gasteiger partial charge in [-0.2, -0.15) is 0 Å². The molecule has 1 atom stereocenters. The van der Waals surface area contributed by atoms with E-state index in [0.717, 1.165) is 19.3 Å². The van der Waals surface area contributed by atoms with Gasteiger partial charge in [-0.05, 0) is 35.8 Å². The molecule has 2 heteroatoms. The van der Waals surface area contributed by atoms with Crippen LogP contribution in [0.3, 0.4) is 0 Å².